The quantitative estimate of drug-likeness (QED) is 0.359. The summed E-state index contributed by atoms with van der Waals surface area (Å²) >= 11 is 7.02. The molecule has 0 bridgehead atoms. The van der Waals surface area contributed by atoms with E-state index in [1.165, 1.54) is 16.4 Å². The Bertz CT molecular complexity index is 443. The number of halogens is 1. The molecular weight excluding hydrogens is 250 g/mol. The van der Waals surface area contributed by atoms with E-state index in [2.05, 4.69) is 10.1 Å². The summed E-state index contributed by atoms with van der Waals surface area (Å²) < 4.78 is 1.47. The van der Waals surface area contributed by atoms with Crippen LogP contribution in [0.5, 0.6) is 0 Å². The van der Waals surface area contributed by atoms with Gasteiger partial charge in [-0.05, 0) is 12.8 Å². The molecule has 16 heavy (non-hydrogen) atoms. The Morgan fingerprint density at radius 3 is 2.81 bits per heavy atom. The van der Waals surface area contributed by atoms with E-state index in [9.17, 15) is 9.59 Å². The SMILES string of the molecule is Cn1[nH]c(=O)c(=O)nc1SCCCCCCl. The van der Waals surface area contributed by atoms with Crippen LogP contribution in [0.25, 0.3) is 0 Å². The Hall–Kier alpha value is -0.750. The van der Waals surface area contributed by atoms with Crippen LogP contribution in [-0.2, 0) is 7.05 Å². The average Bonchev–Trinajstić information content (AvgIpc) is 2.25. The van der Waals surface area contributed by atoms with E-state index in [4.69, 9.17) is 11.6 Å². The number of aryl methyl sites for hydroxylation is 1. The van der Waals surface area contributed by atoms with Crippen LogP contribution in [0.2, 0.25) is 0 Å². The Kier molecular flexibility index (Phi) is 5.62. The molecule has 0 aromatic carbocycles. The minimum Gasteiger partial charge on any atom is -0.265 e. The summed E-state index contributed by atoms with van der Waals surface area (Å²) in [4.78, 5) is 25.7. The molecule has 0 fully saturated rings. The van der Waals surface area contributed by atoms with Crippen LogP contribution in [0, 0.1) is 0 Å². The van der Waals surface area contributed by atoms with Crippen molar-refractivity contribution in [3.8, 4) is 0 Å². The smallest absolute Gasteiger partial charge is 0.265 e. The van der Waals surface area contributed by atoms with E-state index >= 15 is 0 Å². The topological polar surface area (TPSA) is 67.8 Å². The van der Waals surface area contributed by atoms with Gasteiger partial charge in [-0.15, -0.1) is 11.6 Å². The van der Waals surface area contributed by atoms with Gasteiger partial charge < -0.3 is 0 Å². The third kappa shape index (κ3) is 4.02. The predicted molar refractivity (Wildman–Crippen MR) is 65.4 cm³/mol. The average molecular weight is 264 g/mol. The lowest BCUT2D eigenvalue weighted by Crippen LogP contribution is -2.33. The van der Waals surface area contributed by atoms with Crippen molar-refractivity contribution in [2.45, 2.75) is 24.4 Å². The number of rotatable bonds is 6. The normalized spacial score (nSPS) is 10.6. The first-order valence-corrected chi connectivity index (χ1v) is 6.53. The molecule has 1 aromatic rings. The van der Waals surface area contributed by atoms with Crippen LogP contribution in [-0.4, -0.2) is 26.4 Å². The van der Waals surface area contributed by atoms with Crippen molar-refractivity contribution in [2.24, 2.45) is 7.05 Å². The molecule has 0 atom stereocenters. The minimum absolute atomic E-state index is 0.537. The van der Waals surface area contributed by atoms with Crippen LogP contribution in [0.15, 0.2) is 14.7 Å². The van der Waals surface area contributed by atoms with Crippen molar-refractivity contribution < 1.29 is 0 Å². The molecule has 1 N–H and O–H groups in total. The zero-order valence-corrected chi connectivity index (χ0v) is 10.6. The maximum Gasteiger partial charge on any atom is 0.339 e. The van der Waals surface area contributed by atoms with Crippen molar-refractivity contribution in [1.82, 2.24) is 14.8 Å². The van der Waals surface area contributed by atoms with Crippen LogP contribution in [0.3, 0.4) is 0 Å². The molecule has 0 aliphatic rings. The van der Waals surface area contributed by atoms with Gasteiger partial charge in [0.1, 0.15) is 0 Å². The zero-order valence-electron chi connectivity index (χ0n) is 9.03. The highest BCUT2D eigenvalue weighted by Crippen LogP contribution is 2.14. The highest BCUT2D eigenvalue weighted by molar-refractivity contribution is 7.99. The van der Waals surface area contributed by atoms with Gasteiger partial charge in [-0.25, -0.2) is 0 Å². The van der Waals surface area contributed by atoms with E-state index < -0.39 is 11.1 Å². The molecule has 1 rings (SSSR count). The van der Waals surface area contributed by atoms with E-state index in [0.29, 0.717) is 11.0 Å². The molecule has 7 heteroatoms. The zero-order chi connectivity index (χ0) is 12.0. The summed E-state index contributed by atoms with van der Waals surface area (Å²) in [6, 6.07) is 0. The molecule has 0 saturated carbocycles. The Labute approximate surface area is 102 Å². The van der Waals surface area contributed by atoms with Crippen molar-refractivity contribution in [3.05, 3.63) is 20.7 Å². The number of unbranched alkanes of at least 4 members (excludes halogenated alkanes) is 2. The number of aromatic nitrogens is 3. The monoisotopic (exact) mass is 263 g/mol. The van der Waals surface area contributed by atoms with Crippen molar-refractivity contribution >= 4 is 23.4 Å². The fourth-order valence-corrected chi connectivity index (χ4v) is 2.23. The molecule has 1 heterocycles. The first-order chi connectivity index (χ1) is 7.65. The Morgan fingerprint density at radius 2 is 2.12 bits per heavy atom. The van der Waals surface area contributed by atoms with Gasteiger partial charge in [0.15, 0.2) is 5.16 Å². The number of aromatic amines is 1. The molecule has 0 spiro atoms. The summed E-state index contributed by atoms with van der Waals surface area (Å²) in [5.41, 5.74) is -1.42. The second kappa shape index (κ2) is 6.75. The molecule has 0 amide bonds. The predicted octanol–water partition coefficient (Wildman–Crippen LogP) is 0.970. The number of H-pyrrole nitrogens is 1. The number of hydrogen-bond donors (Lipinski definition) is 1. The molecule has 1 aromatic heterocycles. The van der Waals surface area contributed by atoms with Crippen LogP contribution in [0.4, 0.5) is 0 Å². The maximum atomic E-state index is 11.0. The lowest BCUT2D eigenvalue weighted by atomic mass is 10.3. The van der Waals surface area contributed by atoms with Gasteiger partial charge in [-0.3, -0.25) is 19.4 Å². The number of nitrogens with zero attached hydrogens (tertiary/aromatic N) is 2. The first kappa shape index (κ1) is 13.3. The molecule has 0 unspecified atom stereocenters. The van der Waals surface area contributed by atoms with Gasteiger partial charge in [0.25, 0.3) is 0 Å². The third-order valence-electron chi connectivity index (χ3n) is 1.96. The first-order valence-electron chi connectivity index (χ1n) is 5.01. The lowest BCUT2D eigenvalue weighted by molar-refractivity contribution is 0.596. The van der Waals surface area contributed by atoms with E-state index in [0.717, 1.165) is 25.0 Å². The number of hydrogen-bond acceptors (Lipinski definition) is 4. The summed E-state index contributed by atoms with van der Waals surface area (Å²) in [7, 11) is 1.66. The lowest BCUT2D eigenvalue weighted by Gasteiger charge is -2.05. The summed E-state index contributed by atoms with van der Waals surface area (Å²) in [6.07, 6.45) is 3.08. The number of thioether (sulfide) groups is 1. The van der Waals surface area contributed by atoms with E-state index in [1.54, 1.807) is 7.05 Å². The van der Waals surface area contributed by atoms with Crippen LogP contribution < -0.4 is 11.1 Å². The largest absolute Gasteiger partial charge is 0.339 e. The molecule has 0 radical (unpaired) electrons. The van der Waals surface area contributed by atoms with Gasteiger partial charge in [-0.2, -0.15) is 4.98 Å². The van der Waals surface area contributed by atoms with Gasteiger partial charge in [-0.1, -0.05) is 18.2 Å². The summed E-state index contributed by atoms with van der Waals surface area (Å²) in [6.45, 7) is 0. The van der Waals surface area contributed by atoms with Crippen molar-refractivity contribution in [2.75, 3.05) is 11.6 Å². The van der Waals surface area contributed by atoms with Gasteiger partial charge in [0, 0.05) is 18.7 Å². The Balaban J connectivity index is 2.51. The summed E-state index contributed by atoms with van der Waals surface area (Å²) in [5, 5.41) is 2.94. The molecule has 0 aliphatic heterocycles. The van der Waals surface area contributed by atoms with Crippen LogP contribution in [0.1, 0.15) is 19.3 Å². The van der Waals surface area contributed by atoms with Gasteiger partial charge in [0.2, 0.25) is 0 Å². The molecule has 90 valence electrons. The molecule has 0 saturated heterocycles. The van der Waals surface area contributed by atoms with E-state index in [-0.39, 0.29) is 0 Å². The standard InChI is InChI=1S/C9H14ClN3O2S/c1-13-9(11-7(14)8(15)12-13)16-6-4-2-3-5-10/h2-6H2,1H3,(H,12,15). The number of alkyl halides is 1. The highest BCUT2D eigenvalue weighted by Gasteiger charge is 2.03. The van der Waals surface area contributed by atoms with E-state index in [1.807, 2.05) is 0 Å². The number of nitrogens with one attached hydrogen (secondary N) is 1. The van der Waals surface area contributed by atoms with Crippen molar-refractivity contribution in [1.29, 1.82) is 0 Å². The van der Waals surface area contributed by atoms with Gasteiger partial charge in [0.05, 0.1) is 0 Å². The summed E-state index contributed by atoms with van der Waals surface area (Å²) in [5.74, 6) is 1.54. The Morgan fingerprint density at radius 1 is 1.38 bits per heavy atom. The minimum atomic E-state index is -0.735. The molecular formula is C9H14ClN3O2S. The highest BCUT2D eigenvalue weighted by atomic mass is 35.5. The second-order valence-corrected chi connectivity index (χ2v) is 4.74. The second-order valence-electron chi connectivity index (χ2n) is 3.30. The molecule has 0 aliphatic carbocycles. The van der Waals surface area contributed by atoms with Crippen LogP contribution >= 0.6 is 23.4 Å². The third-order valence-corrected chi connectivity index (χ3v) is 3.34. The maximum absolute atomic E-state index is 11.0. The fourth-order valence-electron chi connectivity index (χ4n) is 1.13. The van der Waals surface area contributed by atoms with Crippen molar-refractivity contribution in [3.63, 3.8) is 0 Å². The molecule has 5 nitrogen and oxygen atoms in total. The van der Waals surface area contributed by atoms with Gasteiger partial charge >= 0.3 is 11.1 Å². The fraction of sp³-hybridized carbons (Fsp3) is 0.667.